The van der Waals surface area contributed by atoms with Gasteiger partial charge in [0.25, 0.3) is 0 Å². The second kappa shape index (κ2) is 13.5. The number of ketones is 1. The van der Waals surface area contributed by atoms with Crippen molar-refractivity contribution < 1.29 is 33.6 Å². The van der Waals surface area contributed by atoms with Crippen molar-refractivity contribution in [1.29, 1.82) is 0 Å². The molecule has 1 unspecified atom stereocenters. The molecular formula is C31H42O7. The van der Waals surface area contributed by atoms with Gasteiger partial charge < -0.3 is 24.1 Å². The second-order valence-corrected chi connectivity index (χ2v) is 10.2. The van der Waals surface area contributed by atoms with Crippen LogP contribution < -0.4 is 18.9 Å². The number of aliphatic carboxylic acids is 1. The summed E-state index contributed by atoms with van der Waals surface area (Å²) in [4.78, 5) is 23.2. The molecule has 1 aliphatic rings. The molecule has 2 aromatic carbocycles. The summed E-state index contributed by atoms with van der Waals surface area (Å²) in [6.07, 6.45) is 6.36. The van der Waals surface area contributed by atoms with Gasteiger partial charge in [0.15, 0.2) is 5.78 Å². The van der Waals surface area contributed by atoms with Crippen molar-refractivity contribution in [3.8, 4) is 23.0 Å². The third-order valence-corrected chi connectivity index (χ3v) is 7.04. The molecule has 38 heavy (non-hydrogen) atoms. The first-order chi connectivity index (χ1) is 18.2. The Hall–Kier alpha value is -3.22. The monoisotopic (exact) mass is 526 g/mol. The van der Waals surface area contributed by atoms with Crippen molar-refractivity contribution in [1.82, 2.24) is 0 Å². The van der Waals surface area contributed by atoms with E-state index in [4.69, 9.17) is 24.1 Å². The predicted octanol–water partition coefficient (Wildman–Crippen LogP) is 6.60. The lowest BCUT2D eigenvalue weighted by Gasteiger charge is -2.37. The van der Waals surface area contributed by atoms with Crippen molar-refractivity contribution >= 4 is 11.8 Å². The van der Waals surface area contributed by atoms with E-state index in [0.717, 1.165) is 72.5 Å². The van der Waals surface area contributed by atoms with Gasteiger partial charge in [-0.15, -0.1) is 0 Å². The Labute approximate surface area is 226 Å². The minimum absolute atomic E-state index is 0.0294. The van der Waals surface area contributed by atoms with Crippen molar-refractivity contribution in [3.05, 3.63) is 46.5 Å². The molecule has 3 rings (SSSR count). The molecule has 0 amide bonds. The molecule has 1 atom stereocenters. The summed E-state index contributed by atoms with van der Waals surface area (Å²) >= 11 is 0. The molecule has 7 nitrogen and oxygen atoms in total. The summed E-state index contributed by atoms with van der Waals surface area (Å²) in [6, 6.07) is 7.71. The molecule has 1 N–H and O–H groups in total. The number of rotatable bonds is 15. The van der Waals surface area contributed by atoms with Crippen LogP contribution in [-0.2, 0) is 24.1 Å². The zero-order chi connectivity index (χ0) is 27.7. The van der Waals surface area contributed by atoms with E-state index in [1.165, 1.54) is 0 Å². The standard InChI is InChI=1S/C31H42O7/c1-6-9-24-26(13-11-22-15-17-31(4,38-29(22)24)18-16-28(33)34)36-19-8-20-37-27-14-12-23(21(3)32)30(35-5)25(27)10-7-2/h11-14H,6-10,15-20H2,1-5H3,(H,33,34). The van der Waals surface area contributed by atoms with E-state index in [-0.39, 0.29) is 12.2 Å². The van der Waals surface area contributed by atoms with Crippen LogP contribution in [0.25, 0.3) is 0 Å². The summed E-state index contributed by atoms with van der Waals surface area (Å²) in [5.74, 6) is 2.18. The average molecular weight is 527 g/mol. The molecule has 0 saturated carbocycles. The number of ether oxygens (including phenoxy) is 4. The van der Waals surface area contributed by atoms with E-state index in [9.17, 15) is 9.59 Å². The summed E-state index contributed by atoms with van der Waals surface area (Å²) in [6.45, 7) is 8.71. The summed E-state index contributed by atoms with van der Waals surface area (Å²) in [7, 11) is 1.59. The fourth-order valence-corrected chi connectivity index (χ4v) is 5.01. The van der Waals surface area contributed by atoms with Gasteiger partial charge in [0.2, 0.25) is 0 Å². The number of carboxylic acids is 1. The van der Waals surface area contributed by atoms with Gasteiger partial charge in [0.1, 0.15) is 28.6 Å². The SMILES string of the molecule is CCCc1c(OCCCOc2ccc(C(C)=O)c(OC)c2CCC)ccc2c1OC(C)(CCC(=O)O)CC2. The first kappa shape index (κ1) is 29.3. The quantitative estimate of drug-likeness (QED) is 0.206. The highest BCUT2D eigenvalue weighted by Gasteiger charge is 2.34. The third kappa shape index (κ3) is 7.21. The van der Waals surface area contributed by atoms with E-state index in [1.807, 2.05) is 19.1 Å². The average Bonchev–Trinajstić information content (AvgIpc) is 2.89. The number of fused-ring (bicyclic) bond motifs is 1. The normalized spacial score (nSPS) is 16.3. The highest BCUT2D eigenvalue weighted by atomic mass is 16.5. The Balaban J connectivity index is 1.66. The van der Waals surface area contributed by atoms with Crippen LogP contribution in [0.1, 0.15) is 93.3 Å². The maximum atomic E-state index is 12.0. The summed E-state index contributed by atoms with van der Waals surface area (Å²) in [5.41, 5.74) is 3.22. The predicted molar refractivity (Wildman–Crippen MR) is 147 cm³/mol. The van der Waals surface area contributed by atoms with Crippen molar-refractivity contribution in [2.45, 2.75) is 91.1 Å². The van der Waals surface area contributed by atoms with Crippen molar-refractivity contribution in [2.75, 3.05) is 20.3 Å². The van der Waals surface area contributed by atoms with E-state index in [0.29, 0.717) is 37.4 Å². The molecule has 1 heterocycles. The molecule has 0 aliphatic carbocycles. The first-order valence-electron chi connectivity index (χ1n) is 13.7. The maximum Gasteiger partial charge on any atom is 0.303 e. The molecule has 0 aromatic heterocycles. The lowest BCUT2D eigenvalue weighted by atomic mass is 9.87. The molecule has 7 heteroatoms. The highest BCUT2D eigenvalue weighted by molar-refractivity contribution is 5.97. The van der Waals surface area contributed by atoms with Crippen LogP contribution in [-0.4, -0.2) is 42.8 Å². The molecule has 0 saturated heterocycles. The lowest BCUT2D eigenvalue weighted by molar-refractivity contribution is -0.138. The molecule has 0 bridgehead atoms. The lowest BCUT2D eigenvalue weighted by Crippen LogP contribution is -2.37. The largest absolute Gasteiger partial charge is 0.496 e. The number of Topliss-reactive ketones (excluding diaryl/α,β-unsaturated/α-hetero) is 1. The van der Waals surface area contributed by atoms with E-state index >= 15 is 0 Å². The molecule has 0 radical (unpaired) electrons. The van der Waals surface area contributed by atoms with Crippen molar-refractivity contribution in [3.63, 3.8) is 0 Å². The van der Waals surface area contributed by atoms with Crippen LogP contribution >= 0.6 is 0 Å². The third-order valence-electron chi connectivity index (χ3n) is 7.04. The van der Waals surface area contributed by atoms with Gasteiger partial charge >= 0.3 is 5.97 Å². The van der Waals surface area contributed by atoms with Gasteiger partial charge in [-0.2, -0.15) is 0 Å². The van der Waals surface area contributed by atoms with Gasteiger partial charge in [-0.3, -0.25) is 9.59 Å². The first-order valence-corrected chi connectivity index (χ1v) is 13.7. The van der Waals surface area contributed by atoms with E-state index in [2.05, 4.69) is 19.9 Å². The van der Waals surface area contributed by atoms with Gasteiger partial charge in [-0.1, -0.05) is 32.8 Å². The molecule has 2 aromatic rings. The van der Waals surface area contributed by atoms with Gasteiger partial charge in [0.05, 0.1) is 25.9 Å². The van der Waals surface area contributed by atoms with E-state index in [1.54, 1.807) is 20.1 Å². The Bertz CT molecular complexity index is 1120. The minimum Gasteiger partial charge on any atom is -0.496 e. The topological polar surface area (TPSA) is 91.3 Å². The number of carbonyl (C=O) groups is 2. The van der Waals surface area contributed by atoms with Crippen LogP contribution in [0.5, 0.6) is 23.0 Å². The van der Waals surface area contributed by atoms with Crippen LogP contribution in [0.3, 0.4) is 0 Å². The van der Waals surface area contributed by atoms with Crippen LogP contribution in [0.15, 0.2) is 24.3 Å². The summed E-state index contributed by atoms with van der Waals surface area (Å²) < 4.78 is 24.3. The number of benzene rings is 2. The number of hydrogen-bond acceptors (Lipinski definition) is 6. The summed E-state index contributed by atoms with van der Waals surface area (Å²) in [5, 5.41) is 9.15. The van der Waals surface area contributed by atoms with Gasteiger partial charge in [-0.05, 0) is 69.7 Å². The van der Waals surface area contributed by atoms with Crippen LogP contribution in [0, 0.1) is 0 Å². The molecule has 0 spiro atoms. The van der Waals surface area contributed by atoms with Crippen molar-refractivity contribution in [2.24, 2.45) is 0 Å². The molecule has 0 fully saturated rings. The minimum atomic E-state index is -0.802. The second-order valence-electron chi connectivity index (χ2n) is 10.2. The Morgan fingerprint density at radius 2 is 1.63 bits per heavy atom. The van der Waals surface area contributed by atoms with Crippen LogP contribution in [0.4, 0.5) is 0 Å². The maximum absolute atomic E-state index is 12.0. The highest BCUT2D eigenvalue weighted by Crippen LogP contribution is 2.42. The fraction of sp³-hybridized carbons (Fsp3) is 0.548. The fourth-order valence-electron chi connectivity index (χ4n) is 5.01. The number of aryl methyl sites for hydroxylation is 1. The smallest absolute Gasteiger partial charge is 0.303 e. The zero-order valence-corrected chi connectivity index (χ0v) is 23.5. The number of methoxy groups -OCH3 is 1. The van der Waals surface area contributed by atoms with Gasteiger partial charge in [0, 0.05) is 24.0 Å². The Kier molecular flexibility index (Phi) is 10.5. The zero-order valence-electron chi connectivity index (χ0n) is 23.5. The number of carbonyl (C=O) groups excluding carboxylic acids is 1. The molecular weight excluding hydrogens is 484 g/mol. The van der Waals surface area contributed by atoms with E-state index < -0.39 is 11.6 Å². The number of carboxylic acid groups (broad SMARTS) is 1. The molecule has 208 valence electrons. The Morgan fingerprint density at radius 1 is 1.00 bits per heavy atom. The molecule has 1 aliphatic heterocycles. The number of hydrogen-bond donors (Lipinski definition) is 1. The van der Waals surface area contributed by atoms with Gasteiger partial charge in [-0.25, -0.2) is 0 Å². The Morgan fingerprint density at radius 3 is 2.24 bits per heavy atom. The van der Waals surface area contributed by atoms with Crippen LogP contribution in [0.2, 0.25) is 0 Å².